The molecule has 0 amide bonds. The van der Waals surface area contributed by atoms with Crippen LogP contribution >= 0.6 is 12.6 Å². The fraction of sp³-hybridized carbons (Fsp3) is 0.500. The van der Waals surface area contributed by atoms with Crippen molar-refractivity contribution in [2.45, 2.75) is 0 Å². The average Bonchev–Trinajstić information content (AvgIpc) is 1.38. The monoisotopic (exact) mass is 174 g/mol. The van der Waals surface area contributed by atoms with Crippen molar-refractivity contribution in [1.29, 1.82) is 0 Å². The van der Waals surface area contributed by atoms with Gasteiger partial charge >= 0.3 is 95.1 Å². The number of hydrogen-bond acceptors (Lipinski definition) is 2. The summed E-state index contributed by atoms with van der Waals surface area (Å²) in [6, 6.07) is 0. The number of aliphatic carboxylic acids is 1. The van der Waals surface area contributed by atoms with Gasteiger partial charge in [-0.15, -0.1) is 0 Å². The minimum absolute atomic E-state index is 0. The van der Waals surface area contributed by atoms with Gasteiger partial charge in [-0.3, -0.25) is 4.79 Å². The first-order valence-electron chi connectivity index (χ1n) is 1.10. The van der Waals surface area contributed by atoms with Crippen LogP contribution in [0.2, 0.25) is 0 Å². The van der Waals surface area contributed by atoms with Crippen molar-refractivity contribution in [1.82, 2.24) is 0 Å². The minimum atomic E-state index is -0.881. The van der Waals surface area contributed by atoms with Crippen molar-refractivity contribution in [2.75, 3.05) is 5.75 Å². The quantitative estimate of drug-likeness (QED) is 0.328. The molecule has 0 bridgehead atoms. The first-order chi connectivity index (χ1) is 2.27. The van der Waals surface area contributed by atoms with E-state index in [1.807, 2.05) is 0 Å². The van der Waals surface area contributed by atoms with Crippen LogP contribution < -0.4 is 51.4 Å². The van der Waals surface area contributed by atoms with Gasteiger partial charge in [-0.2, -0.15) is 12.6 Å². The fourth-order valence-electron chi connectivity index (χ4n) is 0. The molecule has 0 aromatic heterocycles. The fourth-order valence-corrected chi connectivity index (χ4v) is 0. The maximum absolute atomic E-state index is 9.29. The predicted molar refractivity (Wildman–Crippen MR) is 30.6 cm³/mol. The Morgan fingerprint density at radius 3 is 2.00 bits per heavy atom. The third-order valence-electron chi connectivity index (χ3n) is 0.135. The number of rotatable bonds is 1. The van der Waals surface area contributed by atoms with Gasteiger partial charge in [-0.05, 0) is 0 Å². The molecule has 0 aliphatic heterocycles. The SMILES string of the molecule is O=C(O)CS.[Ca+2].[H-].[H-].[H-].[K+]. The molecular formula is C2H7CaKO2S. The molecule has 0 aromatic rings. The van der Waals surface area contributed by atoms with E-state index in [0.29, 0.717) is 0 Å². The maximum atomic E-state index is 9.29. The summed E-state index contributed by atoms with van der Waals surface area (Å²) in [4.78, 5) is 9.29. The number of thiol groups is 1. The molecule has 0 aliphatic rings. The van der Waals surface area contributed by atoms with Crippen LogP contribution in [0.1, 0.15) is 4.28 Å². The van der Waals surface area contributed by atoms with E-state index < -0.39 is 5.97 Å². The van der Waals surface area contributed by atoms with Crippen LogP contribution in [-0.4, -0.2) is 54.6 Å². The molecule has 0 saturated carbocycles. The Kier molecular flexibility index (Phi) is 26.9. The molecule has 2 nitrogen and oxygen atoms in total. The summed E-state index contributed by atoms with van der Waals surface area (Å²) in [5, 5.41) is 7.65. The van der Waals surface area contributed by atoms with Gasteiger partial charge in [0.2, 0.25) is 0 Å². The summed E-state index contributed by atoms with van der Waals surface area (Å²) in [6.07, 6.45) is 0. The Bertz CT molecular complexity index is 59.8. The summed E-state index contributed by atoms with van der Waals surface area (Å²) >= 11 is 3.42. The summed E-state index contributed by atoms with van der Waals surface area (Å²) in [5.74, 6) is -0.965. The van der Waals surface area contributed by atoms with Crippen LogP contribution in [0.4, 0.5) is 0 Å². The molecule has 0 spiro atoms. The summed E-state index contributed by atoms with van der Waals surface area (Å²) in [5.41, 5.74) is 0. The second-order valence-corrected chi connectivity index (χ2v) is 0.868. The molecule has 0 aromatic carbocycles. The van der Waals surface area contributed by atoms with E-state index in [0.717, 1.165) is 0 Å². The molecule has 0 heterocycles. The van der Waals surface area contributed by atoms with Crippen LogP contribution in [0.5, 0.6) is 0 Å². The third kappa shape index (κ3) is 17.7. The summed E-state index contributed by atoms with van der Waals surface area (Å²) < 4.78 is 0. The molecular weight excluding hydrogens is 167 g/mol. The molecule has 0 saturated heterocycles. The van der Waals surface area contributed by atoms with Gasteiger partial charge in [-0.1, -0.05) is 0 Å². The van der Waals surface area contributed by atoms with Gasteiger partial charge in [0.1, 0.15) is 0 Å². The van der Waals surface area contributed by atoms with Crippen LogP contribution in [0.25, 0.3) is 0 Å². The van der Waals surface area contributed by atoms with E-state index in [4.69, 9.17) is 5.11 Å². The zero-order valence-corrected chi connectivity index (χ0v) is 10.4. The van der Waals surface area contributed by atoms with E-state index in [2.05, 4.69) is 12.6 Å². The molecule has 36 valence electrons. The topological polar surface area (TPSA) is 37.3 Å². The van der Waals surface area contributed by atoms with Crippen molar-refractivity contribution in [2.24, 2.45) is 0 Å². The van der Waals surface area contributed by atoms with Crippen molar-refractivity contribution < 1.29 is 65.6 Å². The first kappa shape index (κ1) is 16.4. The second-order valence-electron chi connectivity index (χ2n) is 0.552. The summed E-state index contributed by atoms with van der Waals surface area (Å²) in [6.45, 7) is 0. The van der Waals surface area contributed by atoms with Crippen LogP contribution in [-0.2, 0) is 4.79 Å². The third-order valence-corrected chi connectivity index (χ3v) is 0.406. The van der Waals surface area contributed by atoms with Gasteiger partial charge < -0.3 is 9.39 Å². The van der Waals surface area contributed by atoms with Crippen LogP contribution in [0.3, 0.4) is 0 Å². The van der Waals surface area contributed by atoms with E-state index in [1.165, 1.54) is 0 Å². The standard InChI is InChI=1S/C2H4O2S.Ca.K.3H/c3-2(4)1-5;;;;;/h5H,1H2,(H,3,4);;;;;/q;+2;+1;3*-1. The van der Waals surface area contributed by atoms with Crippen molar-refractivity contribution in [3.8, 4) is 0 Å². The second kappa shape index (κ2) is 11.5. The van der Waals surface area contributed by atoms with Gasteiger partial charge in [0, 0.05) is 0 Å². The number of hydrogen-bond donors (Lipinski definition) is 2. The maximum Gasteiger partial charge on any atom is 2.00 e. The van der Waals surface area contributed by atoms with Crippen molar-refractivity contribution >= 4 is 56.3 Å². The summed E-state index contributed by atoms with van der Waals surface area (Å²) in [7, 11) is 0. The predicted octanol–water partition coefficient (Wildman–Crippen LogP) is -3.04. The smallest absolute Gasteiger partial charge is 1.00 e. The van der Waals surface area contributed by atoms with Gasteiger partial charge in [0.05, 0.1) is 5.75 Å². The minimum Gasteiger partial charge on any atom is -1.00 e. The number of carboxylic acid groups (broad SMARTS) is 1. The molecule has 0 rings (SSSR count). The van der Waals surface area contributed by atoms with Crippen molar-refractivity contribution in [3.05, 3.63) is 0 Å². The molecule has 0 fully saturated rings. The largest absolute Gasteiger partial charge is 2.00 e. The van der Waals surface area contributed by atoms with E-state index in [1.54, 1.807) is 0 Å². The van der Waals surface area contributed by atoms with E-state index >= 15 is 0 Å². The Labute approximate surface area is 125 Å². The zero-order chi connectivity index (χ0) is 4.28. The molecule has 0 atom stereocenters. The molecule has 0 radical (unpaired) electrons. The molecule has 0 aliphatic carbocycles. The van der Waals surface area contributed by atoms with E-state index in [9.17, 15) is 4.79 Å². The molecule has 0 unspecified atom stereocenters. The Morgan fingerprint density at radius 2 is 2.00 bits per heavy atom. The van der Waals surface area contributed by atoms with Gasteiger partial charge in [0.15, 0.2) is 0 Å². The zero-order valence-electron chi connectivity index (χ0n) is 7.22. The molecule has 5 heteroatoms. The number of carbonyl (C=O) groups is 1. The van der Waals surface area contributed by atoms with Gasteiger partial charge in [-0.25, -0.2) is 0 Å². The molecule has 1 N–H and O–H groups in total. The number of carboxylic acids is 1. The first-order valence-corrected chi connectivity index (χ1v) is 1.73. The van der Waals surface area contributed by atoms with Crippen molar-refractivity contribution in [3.63, 3.8) is 0 Å². The normalized spacial score (nSPS) is 5.29. The Morgan fingerprint density at radius 1 is 1.86 bits per heavy atom. The average molecular weight is 174 g/mol. The van der Waals surface area contributed by atoms with Gasteiger partial charge in [0.25, 0.3) is 0 Å². The van der Waals surface area contributed by atoms with E-state index in [-0.39, 0.29) is 99.2 Å². The van der Waals surface area contributed by atoms with Crippen LogP contribution in [0.15, 0.2) is 0 Å². The molecule has 7 heavy (non-hydrogen) atoms. The Balaban J connectivity index is -0.00000000800. The van der Waals surface area contributed by atoms with Crippen LogP contribution in [0, 0.1) is 0 Å². The Hall–Kier alpha value is 2.72.